The molecule has 1 saturated carbocycles. The number of amides is 1. The molecule has 3 aliphatic rings. The summed E-state index contributed by atoms with van der Waals surface area (Å²) in [5.41, 5.74) is 1.02. The summed E-state index contributed by atoms with van der Waals surface area (Å²) in [7, 11) is 0. The van der Waals surface area contributed by atoms with Crippen molar-refractivity contribution >= 4 is 23.6 Å². The van der Waals surface area contributed by atoms with Crippen molar-refractivity contribution in [2.45, 2.75) is 77.7 Å². The third-order valence-electron chi connectivity index (χ3n) is 7.19. The second-order valence-corrected chi connectivity index (χ2v) is 9.71. The van der Waals surface area contributed by atoms with E-state index in [9.17, 15) is 14.7 Å². The lowest BCUT2D eigenvalue weighted by molar-refractivity contribution is -0.124. The van der Waals surface area contributed by atoms with Gasteiger partial charge in [-0.05, 0) is 69.6 Å². The zero-order valence-corrected chi connectivity index (χ0v) is 19.2. The largest absolute Gasteiger partial charge is 0.511 e. The number of carbonyl (C=O) groups excluding carboxylic acids is 1. The lowest BCUT2D eigenvalue weighted by atomic mass is 9.82. The van der Waals surface area contributed by atoms with Crippen LogP contribution in [-0.2, 0) is 9.53 Å². The van der Waals surface area contributed by atoms with E-state index in [-0.39, 0.29) is 23.6 Å². The fourth-order valence-corrected chi connectivity index (χ4v) is 5.09. The summed E-state index contributed by atoms with van der Waals surface area (Å²) in [5.74, 6) is 1.68. The Morgan fingerprint density at radius 1 is 1.09 bits per heavy atom. The molecule has 1 atom stereocenters. The van der Waals surface area contributed by atoms with Gasteiger partial charge >= 0.3 is 6.16 Å². The normalized spacial score (nSPS) is 26.9. The van der Waals surface area contributed by atoms with Crippen molar-refractivity contribution in [3.05, 3.63) is 12.3 Å². The molecule has 176 valence electrons. The van der Waals surface area contributed by atoms with E-state index in [1.807, 2.05) is 0 Å². The first-order valence-corrected chi connectivity index (χ1v) is 12.0. The van der Waals surface area contributed by atoms with Crippen LogP contribution in [0.5, 0.6) is 5.75 Å². The van der Waals surface area contributed by atoms with Gasteiger partial charge in [0.15, 0.2) is 5.75 Å². The van der Waals surface area contributed by atoms with Gasteiger partial charge in [0.1, 0.15) is 0 Å². The number of nitrogens with zero attached hydrogens (tertiary/aromatic N) is 3. The number of allylic oxidation sites excluding steroid dienone is 2. The van der Waals surface area contributed by atoms with Crippen molar-refractivity contribution in [1.29, 1.82) is 0 Å². The number of carbonyl (C=O) groups is 2. The molecule has 32 heavy (non-hydrogen) atoms. The van der Waals surface area contributed by atoms with E-state index in [0.29, 0.717) is 43.7 Å². The molecule has 1 N–H and O–H groups in total. The van der Waals surface area contributed by atoms with Crippen LogP contribution in [-0.4, -0.2) is 46.2 Å². The predicted molar refractivity (Wildman–Crippen MR) is 121 cm³/mol. The number of carboxylic acid groups (broad SMARTS) is 1. The van der Waals surface area contributed by atoms with Gasteiger partial charge in [-0.25, -0.2) is 9.48 Å². The molecule has 2 fully saturated rings. The SMILES string of the molecule is CC1CC=C(n2cc(OC(=O)O)c(N(C(=O)[C@H]3CC[C@H](C)CC3)C3CCOCC3)n2)CC1. The lowest BCUT2D eigenvalue weighted by Gasteiger charge is -2.36. The molecule has 1 aromatic heterocycles. The molecular formula is C24H35N3O5. The average molecular weight is 446 g/mol. The molecule has 4 rings (SSSR count). The molecular weight excluding hydrogens is 410 g/mol. The summed E-state index contributed by atoms with van der Waals surface area (Å²) in [6.07, 6.45) is 10.4. The van der Waals surface area contributed by atoms with Crippen LogP contribution in [0.2, 0.25) is 0 Å². The smallest absolute Gasteiger partial charge is 0.449 e. The third kappa shape index (κ3) is 5.17. The highest BCUT2D eigenvalue weighted by Crippen LogP contribution is 2.37. The van der Waals surface area contributed by atoms with E-state index in [0.717, 1.165) is 50.6 Å². The molecule has 8 heteroatoms. The zero-order valence-electron chi connectivity index (χ0n) is 19.2. The molecule has 1 aromatic rings. The van der Waals surface area contributed by atoms with Crippen LogP contribution in [0, 0.1) is 17.8 Å². The van der Waals surface area contributed by atoms with Crippen LogP contribution in [0.1, 0.15) is 71.6 Å². The minimum absolute atomic E-state index is 0.0375. The van der Waals surface area contributed by atoms with Gasteiger partial charge in [-0.1, -0.05) is 19.9 Å². The molecule has 1 aliphatic heterocycles. The van der Waals surface area contributed by atoms with Crippen LogP contribution in [0.25, 0.3) is 5.70 Å². The molecule has 0 spiro atoms. The second-order valence-electron chi connectivity index (χ2n) is 9.71. The zero-order chi connectivity index (χ0) is 22.7. The van der Waals surface area contributed by atoms with E-state index in [4.69, 9.17) is 14.6 Å². The molecule has 2 aliphatic carbocycles. The van der Waals surface area contributed by atoms with Crippen molar-refractivity contribution < 1.29 is 24.2 Å². The van der Waals surface area contributed by atoms with E-state index >= 15 is 0 Å². The van der Waals surface area contributed by atoms with Gasteiger partial charge in [0.2, 0.25) is 11.7 Å². The van der Waals surface area contributed by atoms with Gasteiger partial charge in [-0.2, -0.15) is 0 Å². The number of aromatic nitrogens is 2. The molecule has 8 nitrogen and oxygen atoms in total. The summed E-state index contributed by atoms with van der Waals surface area (Å²) < 4.78 is 12.4. The van der Waals surface area contributed by atoms with Gasteiger partial charge < -0.3 is 14.6 Å². The molecule has 2 heterocycles. The first-order chi connectivity index (χ1) is 15.4. The molecule has 1 unspecified atom stereocenters. The Balaban J connectivity index is 1.69. The number of hydrogen-bond acceptors (Lipinski definition) is 5. The monoisotopic (exact) mass is 445 g/mol. The Hall–Kier alpha value is -2.35. The van der Waals surface area contributed by atoms with Gasteiger partial charge in [0.25, 0.3) is 0 Å². The lowest BCUT2D eigenvalue weighted by Crippen LogP contribution is -2.47. The van der Waals surface area contributed by atoms with E-state index in [2.05, 4.69) is 19.9 Å². The standard InChI is InChI=1S/C24H35N3O5/c1-16-3-7-18(8-4-16)23(28)27(20-11-13-31-14-12-20)22-21(32-24(29)30)15-26(25-22)19-9-5-17(2)6-10-19/h9,15-18,20H,3-8,10-14H2,1-2H3,(H,29,30)/t16-,17?,18-. The highest BCUT2D eigenvalue weighted by molar-refractivity contribution is 5.96. The van der Waals surface area contributed by atoms with Gasteiger partial charge in [0.05, 0.1) is 6.20 Å². The Bertz CT molecular complexity index is 850. The van der Waals surface area contributed by atoms with Crippen LogP contribution >= 0.6 is 0 Å². The maximum absolute atomic E-state index is 13.8. The van der Waals surface area contributed by atoms with Crippen molar-refractivity contribution in [2.24, 2.45) is 17.8 Å². The summed E-state index contributed by atoms with van der Waals surface area (Å²) in [6.45, 7) is 5.61. The van der Waals surface area contributed by atoms with E-state index < -0.39 is 6.16 Å². The number of rotatable bonds is 5. The fraction of sp³-hybridized carbons (Fsp3) is 0.708. The third-order valence-corrected chi connectivity index (χ3v) is 7.19. The minimum Gasteiger partial charge on any atom is -0.449 e. The number of ether oxygens (including phenoxy) is 2. The summed E-state index contributed by atoms with van der Waals surface area (Å²) >= 11 is 0. The molecule has 0 radical (unpaired) electrons. The molecule has 0 aromatic carbocycles. The van der Waals surface area contributed by atoms with Crippen molar-refractivity contribution in [3.8, 4) is 5.75 Å². The first-order valence-electron chi connectivity index (χ1n) is 12.0. The number of hydrogen-bond donors (Lipinski definition) is 1. The Labute approximate surface area is 189 Å². The summed E-state index contributed by atoms with van der Waals surface area (Å²) in [4.78, 5) is 27.0. The number of anilines is 1. The first kappa shape index (κ1) is 22.8. The van der Waals surface area contributed by atoms with Crippen LogP contribution in [0.15, 0.2) is 12.3 Å². The predicted octanol–water partition coefficient (Wildman–Crippen LogP) is 4.94. The quantitative estimate of drug-likeness (QED) is 0.645. The highest BCUT2D eigenvalue weighted by Gasteiger charge is 2.37. The average Bonchev–Trinajstić information content (AvgIpc) is 3.18. The van der Waals surface area contributed by atoms with E-state index in [1.165, 1.54) is 0 Å². The molecule has 1 saturated heterocycles. The van der Waals surface area contributed by atoms with Crippen molar-refractivity contribution in [3.63, 3.8) is 0 Å². The maximum atomic E-state index is 13.8. The fourth-order valence-electron chi connectivity index (χ4n) is 5.09. The van der Waals surface area contributed by atoms with Crippen LogP contribution < -0.4 is 9.64 Å². The highest BCUT2D eigenvalue weighted by atomic mass is 16.7. The second kappa shape index (κ2) is 10.1. The van der Waals surface area contributed by atoms with Gasteiger partial charge in [0, 0.05) is 30.9 Å². The molecule has 0 bridgehead atoms. The Morgan fingerprint density at radius 2 is 1.81 bits per heavy atom. The van der Waals surface area contributed by atoms with Gasteiger partial charge in [-0.15, -0.1) is 5.10 Å². The maximum Gasteiger partial charge on any atom is 0.511 e. The van der Waals surface area contributed by atoms with Crippen LogP contribution in [0.4, 0.5) is 10.6 Å². The molecule has 1 amide bonds. The van der Waals surface area contributed by atoms with E-state index in [1.54, 1.807) is 15.8 Å². The minimum atomic E-state index is -1.40. The summed E-state index contributed by atoms with van der Waals surface area (Å²) in [5, 5.41) is 14.1. The topological polar surface area (TPSA) is 93.9 Å². The van der Waals surface area contributed by atoms with Crippen molar-refractivity contribution in [2.75, 3.05) is 18.1 Å². The Kier molecular flexibility index (Phi) is 7.18. The van der Waals surface area contributed by atoms with Crippen LogP contribution in [0.3, 0.4) is 0 Å². The van der Waals surface area contributed by atoms with Gasteiger partial charge in [-0.3, -0.25) is 9.69 Å². The summed E-state index contributed by atoms with van der Waals surface area (Å²) in [6, 6.07) is -0.0737. The van der Waals surface area contributed by atoms with Crippen molar-refractivity contribution in [1.82, 2.24) is 9.78 Å². The Morgan fingerprint density at radius 3 is 2.44 bits per heavy atom.